The SMILES string of the molecule is CC1=Nc2c(F)cc(-c3nc(N[C@@H]4CCN(S(C)(=O)=O)C[C@H]4O)ncc3C#N)cc2C12CCCC2. The third kappa shape index (κ3) is 4.09. The fourth-order valence-electron chi connectivity index (χ4n) is 5.58. The molecule has 0 radical (unpaired) electrons. The Morgan fingerprint density at radius 3 is 2.71 bits per heavy atom. The van der Waals surface area contributed by atoms with E-state index >= 15 is 4.39 Å². The molecule has 1 spiro atoms. The first kappa shape index (κ1) is 23.8. The Hall–Kier alpha value is -2.94. The molecule has 184 valence electrons. The van der Waals surface area contributed by atoms with Gasteiger partial charge in [0.15, 0.2) is 0 Å². The van der Waals surface area contributed by atoms with Gasteiger partial charge in [-0.2, -0.15) is 9.57 Å². The van der Waals surface area contributed by atoms with Gasteiger partial charge < -0.3 is 10.4 Å². The summed E-state index contributed by atoms with van der Waals surface area (Å²) in [6, 6.07) is 4.87. The van der Waals surface area contributed by atoms with E-state index in [9.17, 15) is 18.8 Å². The molecule has 1 aliphatic carbocycles. The first-order valence-electron chi connectivity index (χ1n) is 11.7. The Morgan fingerprint density at radius 2 is 2.06 bits per heavy atom. The molecule has 2 atom stereocenters. The van der Waals surface area contributed by atoms with Crippen LogP contribution in [0.2, 0.25) is 0 Å². The van der Waals surface area contributed by atoms with Crippen molar-refractivity contribution in [2.45, 2.75) is 56.6 Å². The largest absolute Gasteiger partial charge is 0.390 e. The fraction of sp³-hybridized carbons (Fsp3) is 0.500. The number of aliphatic hydroxyl groups is 1. The lowest BCUT2D eigenvalue weighted by atomic mass is 9.76. The molecule has 2 fully saturated rings. The predicted molar refractivity (Wildman–Crippen MR) is 130 cm³/mol. The Morgan fingerprint density at radius 1 is 1.31 bits per heavy atom. The quantitative estimate of drug-likeness (QED) is 0.662. The first-order valence-corrected chi connectivity index (χ1v) is 13.5. The van der Waals surface area contributed by atoms with Crippen LogP contribution in [0.25, 0.3) is 11.3 Å². The smallest absolute Gasteiger partial charge is 0.223 e. The molecular weight excluding hydrogens is 471 g/mol. The van der Waals surface area contributed by atoms with Gasteiger partial charge in [-0.15, -0.1) is 0 Å². The number of nitrogens with zero attached hydrogens (tertiary/aromatic N) is 5. The molecular formula is C24H27FN6O3S. The van der Waals surface area contributed by atoms with Crippen molar-refractivity contribution in [1.29, 1.82) is 5.26 Å². The zero-order valence-electron chi connectivity index (χ0n) is 19.6. The minimum atomic E-state index is -3.40. The number of aromatic nitrogens is 2. The summed E-state index contributed by atoms with van der Waals surface area (Å²) in [6.07, 6.45) is 5.85. The van der Waals surface area contributed by atoms with Crippen molar-refractivity contribution in [2.75, 3.05) is 24.7 Å². The number of rotatable bonds is 4. The summed E-state index contributed by atoms with van der Waals surface area (Å²) >= 11 is 0. The summed E-state index contributed by atoms with van der Waals surface area (Å²) in [5.74, 6) is -0.263. The number of hydrogen-bond donors (Lipinski definition) is 2. The minimum absolute atomic E-state index is 0.0307. The molecule has 2 aliphatic heterocycles. The molecule has 1 saturated carbocycles. The normalized spacial score (nSPS) is 23.7. The summed E-state index contributed by atoms with van der Waals surface area (Å²) in [5, 5.41) is 23.2. The molecule has 0 bridgehead atoms. The maximum absolute atomic E-state index is 15.2. The van der Waals surface area contributed by atoms with Gasteiger partial charge in [-0.1, -0.05) is 12.8 Å². The lowest BCUT2D eigenvalue weighted by Gasteiger charge is -2.34. The van der Waals surface area contributed by atoms with Crippen molar-refractivity contribution < 1.29 is 17.9 Å². The number of aliphatic hydroxyl groups excluding tert-OH is 1. The van der Waals surface area contributed by atoms with E-state index in [0.717, 1.165) is 43.2 Å². The van der Waals surface area contributed by atoms with E-state index in [0.29, 0.717) is 23.4 Å². The topological polar surface area (TPSA) is 132 Å². The summed E-state index contributed by atoms with van der Waals surface area (Å²) < 4.78 is 40.0. The van der Waals surface area contributed by atoms with E-state index in [2.05, 4.69) is 26.3 Å². The zero-order valence-corrected chi connectivity index (χ0v) is 20.4. The van der Waals surface area contributed by atoms with Crippen molar-refractivity contribution in [3.05, 3.63) is 35.3 Å². The molecule has 3 aliphatic rings. The molecule has 0 amide bonds. The van der Waals surface area contributed by atoms with Crippen molar-refractivity contribution in [2.24, 2.45) is 4.99 Å². The van der Waals surface area contributed by atoms with E-state index in [-0.39, 0.29) is 30.0 Å². The Bertz CT molecular complexity index is 1360. The first-order chi connectivity index (χ1) is 16.6. The number of anilines is 1. The molecule has 11 heteroatoms. The number of aliphatic imine (C=N–C) groups is 1. The van der Waals surface area contributed by atoms with Gasteiger partial charge in [0, 0.05) is 29.8 Å². The number of hydrogen-bond acceptors (Lipinski definition) is 8. The molecule has 35 heavy (non-hydrogen) atoms. The summed E-state index contributed by atoms with van der Waals surface area (Å²) in [4.78, 5) is 13.3. The van der Waals surface area contributed by atoms with Crippen LogP contribution in [0.1, 0.15) is 50.2 Å². The number of benzene rings is 1. The number of nitriles is 1. The van der Waals surface area contributed by atoms with Gasteiger partial charge in [0.1, 0.15) is 17.6 Å². The monoisotopic (exact) mass is 498 g/mol. The minimum Gasteiger partial charge on any atom is -0.390 e. The van der Waals surface area contributed by atoms with Crippen molar-refractivity contribution in [3.63, 3.8) is 0 Å². The van der Waals surface area contributed by atoms with E-state index in [4.69, 9.17) is 0 Å². The van der Waals surface area contributed by atoms with Gasteiger partial charge >= 0.3 is 0 Å². The molecule has 2 aromatic rings. The van der Waals surface area contributed by atoms with E-state index in [1.807, 2.05) is 13.0 Å². The highest BCUT2D eigenvalue weighted by Crippen LogP contribution is 2.52. The van der Waals surface area contributed by atoms with Gasteiger partial charge in [-0.3, -0.25) is 4.99 Å². The van der Waals surface area contributed by atoms with Crippen molar-refractivity contribution in [3.8, 4) is 17.3 Å². The number of β-amino-alcohol motifs (C(OH)–C–C–N with tert-alkyl or cyclic N) is 1. The average Bonchev–Trinajstić information content (AvgIpc) is 3.41. The molecule has 3 heterocycles. The molecule has 2 N–H and O–H groups in total. The van der Waals surface area contributed by atoms with Crippen LogP contribution in [-0.2, 0) is 15.4 Å². The Kier molecular flexibility index (Phi) is 5.86. The average molecular weight is 499 g/mol. The highest BCUT2D eigenvalue weighted by atomic mass is 32.2. The molecule has 0 unspecified atom stereocenters. The second kappa shape index (κ2) is 8.62. The Balaban J connectivity index is 1.47. The van der Waals surface area contributed by atoms with Crippen LogP contribution in [0.4, 0.5) is 16.0 Å². The number of sulfonamides is 1. The van der Waals surface area contributed by atoms with Gasteiger partial charge in [-0.25, -0.2) is 22.8 Å². The highest BCUT2D eigenvalue weighted by molar-refractivity contribution is 7.88. The van der Waals surface area contributed by atoms with Crippen molar-refractivity contribution in [1.82, 2.24) is 14.3 Å². The van der Waals surface area contributed by atoms with Crippen molar-refractivity contribution >= 4 is 27.4 Å². The van der Waals surface area contributed by atoms with Gasteiger partial charge in [0.25, 0.3) is 0 Å². The van der Waals surface area contributed by atoms with Crippen LogP contribution in [0, 0.1) is 17.1 Å². The second-order valence-corrected chi connectivity index (χ2v) is 11.6. The maximum Gasteiger partial charge on any atom is 0.223 e. The zero-order chi connectivity index (χ0) is 25.0. The third-order valence-electron chi connectivity index (χ3n) is 7.52. The lowest BCUT2D eigenvalue weighted by Crippen LogP contribution is -2.51. The second-order valence-electron chi connectivity index (χ2n) is 9.64. The number of piperidine rings is 1. The molecule has 9 nitrogen and oxygen atoms in total. The lowest BCUT2D eigenvalue weighted by molar-refractivity contribution is 0.0950. The summed E-state index contributed by atoms with van der Waals surface area (Å²) in [7, 11) is -3.40. The molecule has 1 aromatic heterocycles. The molecule has 1 aromatic carbocycles. The number of fused-ring (bicyclic) bond motifs is 2. The van der Waals surface area contributed by atoms with Crippen LogP contribution in [-0.4, -0.2) is 65.0 Å². The molecule has 5 rings (SSSR count). The van der Waals surface area contributed by atoms with Gasteiger partial charge in [-0.05, 0) is 43.9 Å². The van der Waals surface area contributed by atoms with Crippen LogP contribution in [0.5, 0.6) is 0 Å². The van der Waals surface area contributed by atoms with Crippen LogP contribution >= 0.6 is 0 Å². The van der Waals surface area contributed by atoms with Gasteiger partial charge in [0.2, 0.25) is 16.0 Å². The van der Waals surface area contributed by atoms with Crippen LogP contribution < -0.4 is 5.32 Å². The number of nitrogens with one attached hydrogen (secondary N) is 1. The maximum atomic E-state index is 15.2. The van der Waals surface area contributed by atoms with Gasteiger partial charge in [0.05, 0.1) is 35.9 Å². The standard InChI is InChI=1S/C24H27FN6O3S/c1-14-24(6-3-4-7-24)17-9-15(10-18(25)22(17)28-14)21-16(11-26)12-27-23(30-21)29-19-5-8-31(13-20(19)32)35(2,33)34/h9-10,12,19-20,32H,3-8,13H2,1-2H3,(H,27,29,30)/t19-,20-/m1/s1. The highest BCUT2D eigenvalue weighted by Gasteiger charge is 2.44. The van der Waals surface area contributed by atoms with Crippen LogP contribution in [0.15, 0.2) is 23.3 Å². The molecule has 1 saturated heterocycles. The summed E-state index contributed by atoms with van der Waals surface area (Å²) in [6.45, 7) is 2.18. The fourth-order valence-corrected chi connectivity index (χ4v) is 6.45. The third-order valence-corrected chi connectivity index (χ3v) is 8.79. The van der Waals surface area contributed by atoms with Crippen LogP contribution in [0.3, 0.4) is 0 Å². The summed E-state index contributed by atoms with van der Waals surface area (Å²) in [5.41, 5.74) is 2.88. The predicted octanol–water partition coefficient (Wildman–Crippen LogP) is 2.88. The number of halogens is 1. The Labute approximate surface area is 203 Å². The van der Waals surface area contributed by atoms with E-state index in [1.165, 1.54) is 16.6 Å². The van der Waals surface area contributed by atoms with E-state index in [1.54, 1.807) is 0 Å². The van der Waals surface area contributed by atoms with E-state index < -0.39 is 28.0 Å².